The summed E-state index contributed by atoms with van der Waals surface area (Å²) in [6.07, 6.45) is 1.30. The number of benzene rings is 1. The van der Waals surface area contributed by atoms with E-state index in [9.17, 15) is 4.79 Å². The molecule has 0 unspecified atom stereocenters. The number of hydrogen-bond acceptors (Lipinski definition) is 4. The lowest BCUT2D eigenvalue weighted by molar-refractivity contribution is 0.0601. The third-order valence-electron chi connectivity index (χ3n) is 2.74. The van der Waals surface area contributed by atoms with E-state index in [-0.39, 0.29) is 11.3 Å². The van der Waals surface area contributed by atoms with Crippen molar-refractivity contribution >= 4 is 50.1 Å². The number of pyridine rings is 1. The second kappa shape index (κ2) is 5.66. The van der Waals surface area contributed by atoms with Crippen LogP contribution in [-0.2, 0) is 4.74 Å². The summed E-state index contributed by atoms with van der Waals surface area (Å²) in [7, 11) is 1.24. The van der Waals surface area contributed by atoms with Crippen LogP contribution in [0.3, 0.4) is 0 Å². The number of aromatic nitrogens is 1. The fraction of sp³-hybridized carbons (Fsp3) is 0.167. The quantitative estimate of drug-likeness (QED) is 0.339. The number of carbonyl (C=O) groups is 1. The van der Waals surface area contributed by atoms with Gasteiger partial charge in [0.05, 0.1) is 28.9 Å². The van der Waals surface area contributed by atoms with Gasteiger partial charge in [0.2, 0.25) is 0 Å². The minimum absolute atomic E-state index is 0.0669. The standard InChI is InChI=1S/C12H8BrClN4O2/c1-5-3-7(13)11-8(9(5)14)10(17-18-15)6(4-16-11)12(19)20-2/h3-4H,1-2H3. The summed E-state index contributed by atoms with van der Waals surface area (Å²) in [5, 5.41) is 4.38. The highest BCUT2D eigenvalue weighted by Gasteiger charge is 2.19. The van der Waals surface area contributed by atoms with Crippen molar-refractivity contribution in [2.24, 2.45) is 5.11 Å². The number of halogens is 2. The Hall–Kier alpha value is -1.82. The van der Waals surface area contributed by atoms with E-state index in [0.29, 0.717) is 20.4 Å². The molecule has 0 saturated carbocycles. The Kier molecular flexibility index (Phi) is 4.13. The predicted octanol–water partition coefficient (Wildman–Crippen LogP) is 4.69. The molecule has 20 heavy (non-hydrogen) atoms. The van der Waals surface area contributed by atoms with Gasteiger partial charge < -0.3 is 4.74 Å². The number of methoxy groups -OCH3 is 1. The first-order valence-electron chi connectivity index (χ1n) is 5.42. The van der Waals surface area contributed by atoms with E-state index in [1.807, 2.05) is 0 Å². The van der Waals surface area contributed by atoms with Gasteiger partial charge in [-0.05, 0) is 40.0 Å². The number of aryl methyl sites for hydroxylation is 1. The van der Waals surface area contributed by atoms with Crippen LogP contribution in [0.15, 0.2) is 21.9 Å². The summed E-state index contributed by atoms with van der Waals surface area (Å²) >= 11 is 9.64. The molecule has 0 aliphatic carbocycles. The fourth-order valence-electron chi connectivity index (χ4n) is 1.82. The molecule has 0 saturated heterocycles. The molecular formula is C12H8BrClN4O2. The van der Waals surface area contributed by atoms with E-state index >= 15 is 0 Å². The topological polar surface area (TPSA) is 88.0 Å². The van der Waals surface area contributed by atoms with Gasteiger partial charge in [-0.25, -0.2) is 4.79 Å². The zero-order valence-electron chi connectivity index (χ0n) is 10.5. The van der Waals surface area contributed by atoms with Gasteiger partial charge >= 0.3 is 5.97 Å². The normalized spacial score (nSPS) is 10.2. The lowest BCUT2D eigenvalue weighted by Crippen LogP contribution is -2.03. The van der Waals surface area contributed by atoms with Gasteiger partial charge in [0, 0.05) is 21.0 Å². The third-order valence-corrected chi connectivity index (χ3v) is 3.83. The first-order chi connectivity index (χ1) is 9.51. The van der Waals surface area contributed by atoms with Crippen LogP contribution in [0.4, 0.5) is 5.69 Å². The Morgan fingerprint density at radius 1 is 1.60 bits per heavy atom. The van der Waals surface area contributed by atoms with Gasteiger partial charge in [-0.15, -0.1) is 0 Å². The van der Waals surface area contributed by atoms with Gasteiger partial charge in [0.25, 0.3) is 0 Å². The number of azide groups is 1. The van der Waals surface area contributed by atoms with Crippen LogP contribution >= 0.6 is 27.5 Å². The second-order valence-electron chi connectivity index (χ2n) is 3.91. The van der Waals surface area contributed by atoms with Crippen molar-refractivity contribution in [3.8, 4) is 0 Å². The molecule has 102 valence electrons. The minimum atomic E-state index is -0.643. The van der Waals surface area contributed by atoms with Crippen LogP contribution in [0.1, 0.15) is 15.9 Å². The predicted molar refractivity (Wildman–Crippen MR) is 79.3 cm³/mol. The van der Waals surface area contributed by atoms with Crippen molar-refractivity contribution in [3.63, 3.8) is 0 Å². The Bertz CT molecular complexity index is 772. The van der Waals surface area contributed by atoms with E-state index < -0.39 is 5.97 Å². The first-order valence-corrected chi connectivity index (χ1v) is 6.59. The maximum Gasteiger partial charge on any atom is 0.339 e. The molecule has 1 aromatic heterocycles. The maximum atomic E-state index is 11.7. The van der Waals surface area contributed by atoms with Crippen LogP contribution in [0.5, 0.6) is 0 Å². The maximum absolute atomic E-state index is 11.7. The monoisotopic (exact) mass is 354 g/mol. The number of hydrogen-bond donors (Lipinski definition) is 0. The molecular weight excluding hydrogens is 348 g/mol. The molecule has 2 aromatic rings. The van der Waals surface area contributed by atoms with Crippen LogP contribution < -0.4 is 0 Å². The third kappa shape index (κ3) is 2.31. The number of fused-ring (bicyclic) bond motifs is 1. The molecule has 0 amide bonds. The average Bonchev–Trinajstić information content (AvgIpc) is 2.44. The van der Waals surface area contributed by atoms with Gasteiger partial charge in [-0.1, -0.05) is 16.7 Å². The molecule has 1 heterocycles. The van der Waals surface area contributed by atoms with Gasteiger partial charge in [-0.3, -0.25) is 4.98 Å². The Balaban J connectivity index is 3.01. The van der Waals surface area contributed by atoms with Gasteiger partial charge in [0.1, 0.15) is 0 Å². The van der Waals surface area contributed by atoms with E-state index in [1.54, 1.807) is 13.0 Å². The SMILES string of the molecule is COC(=O)c1cnc2c(Br)cc(C)c(Cl)c2c1N=[N+]=[N-]. The number of carbonyl (C=O) groups excluding carboxylic acids is 1. The van der Waals surface area contributed by atoms with Crippen LogP contribution in [0.25, 0.3) is 21.3 Å². The van der Waals surface area contributed by atoms with E-state index in [4.69, 9.17) is 17.1 Å². The highest BCUT2D eigenvalue weighted by molar-refractivity contribution is 9.10. The van der Waals surface area contributed by atoms with E-state index in [1.165, 1.54) is 13.3 Å². The zero-order chi connectivity index (χ0) is 14.9. The molecule has 0 atom stereocenters. The van der Waals surface area contributed by atoms with E-state index in [2.05, 4.69) is 35.7 Å². The van der Waals surface area contributed by atoms with Gasteiger partial charge in [0.15, 0.2) is 0 Å². The molecule has 0 bridgehead atoms. The average molecular weight is 356 g/mol. The number of esters is 1. The number of nitrogens with zero attached hydrogens (tertiary/aromatic N) is 4. The van der Waals surface area contributed by atoms with Gasteiger partial charge in [-0.2, -0.15) is 0 Å². The largest absolute Gasteiger partial charge is 0.465 e. The molecule has 0 spiro atoms. The number of rotatable bonds is 2. The molecule has 8 heteroatoms. The fourth-order valence-corrected chi connectivity index (χ4v) is 2.70. The highest BCUT2D eigenvalue weighted by Crippen LogP contribution is 2.39. The smallest absolute Gasteiger partial charge is 0.339 e. The molecule has 6 nitrogen and oxygen atoms in total. The van der Waals surface area contributed by atoms with Crippen LogP contribution in [0.2, 0.25) is 5.02 Å². The van der Waals surface area contributed by atoms with Crippen LogP contribution in [0, 0.1) is 6.92 Å². The highest BCUT2D eigenvalue weighted by atomic mass is 79.9. The summed E-state index contributed by atoms with van der Waals surface area (Å²) in [5.74, 6) is -0.643. The molecule has 0 fully saturated rings. The molecule has 0 radical (unpaired) electrons. The molecule has 1 aromatic carbocycles. The van der Waals surface area contributed by atoms with Crippen molar-refractivity contribution < 1.29 is 9.53 Å². The summed E-state index contributed by atoms with van der Waals surface area (Å²) in [6, 6.07) is 1.80. The molecule has 0 aliphatic heterocycles. The minimum Gasteiger partial charge on any atom is -0.465 e. The van der Waals surface area contributed by atoms with Crippen molar-refractivity contribution in [2.75, 3.05) is 7.11 Å². The van der Waals surface area contributed by atoms with Crippen LogP contribution in [-0.4, -0.2) is 18.1 Å². The lowest BCUT2D eigenvalue weighted by Gasteiger charge is -2.11. The summed E-state index contributed by atoms with van der Waals surface area (Å²) < 4.78 is 5.35. The molecule has 0 N–H and O–H groups in total. The van der Waals surface area contributed by atoms with E-state index in [0.717, 1.165) is 5.56 Å². The lowest BCUT2D eigenvalue weighted by atomic mass is 10.1. The van der Waals surface area contributed by atoms with Crippen molar-refractivity contribution in [1.29, 1.82) is 0 Å². The molecule has 0 aliphatic rings. The Morgan fingerprint density at radius 2 is 2.30 bits per heavy atom. The summed E-state index contributed by atoms with van der Waals surface area (Å²) in [4.78, 5) is 18.7. The van der Waals surface area contributed by atoms with Crippen molar-refractivity contribution in [1.82, 2.24) is 4.98 Å². The summed E-state index contributed by atoms with van der Waals surface area (Å²) in [5.41, 5.74) is 10.2. The second-order valence-corrected chi connectivity index (χ2v) is 5.15. The Labute approximate surface area is 127 Å². The number of ether oxygens (including phenoxy) is 1. The Morgan fingerprint density at radius 3 is 2.90 bits per heavy atom. The first kappa shape index (κ1) is 14.6. The zero-order valence-corrected chi connectivity index (χ0v) is 12.9. The van der Waals surface area contributed by atoms with Crippen molar-refractivity contribution in [2.45, 2.75) is 6.92 Å². The molecule has 2 rings (SSSR count). The summed E-state index contributed by atoms with van der Waals surface area (Å²) in [6.45, 7) is 1.80. The van der Waals surface area contributed by atoms with Crippen molar-refractivity contribution in [3.05, 3.63) is 43.3 Å².